The van der Waals surface area contributed by atoms with Crippen LogP contribution in [0.1, 0.15) is 54.9 Å². The summed E-state index contributed by atoms with van der Waals surface area (Å²) in [6, 6.07) is 1.36. The maximum atomic E-state index is 13.6. The van der Waals surface area contributed by atoms with Gasteiger partial charge in [0.25, 0.3) is 0 Å². The molecular weight excluding hydrogens is 452 g/mol. The van der Waals surface area contributed by atoms with Gasteiger partial charge in [-0.3, -0.25) is 4.68 Å². The SMILES string of the molecule is CCn1cc(N(C2CCN(C)CC2)S(=O)(=O)NC(=O)Nc2c3c(cc4c2CCC4)CCC3)cn1. The molecule has 0 saturated carbocycles. The quantitative estimate of drug-likeness (QED) is 0.654. The average molecular weight is 487 g/mol. The number of likely N-dealkylation sites (tertiary alicyclic amines) is 1. The van der Waals surface area contributed by atoms with Gasteiger partial charge in [-0.2, -0.15) is 13.5 Å². The van der Waals surface area contributed by atoms with Crippen LogP contribution in [0, 0.1) is 0 Å². The lowest BCUT2D eigenvalue weighted by molar-refractivity contribution is 0.254. The third-order valence-corrected chi connectivity index (χ3v) is 8.88. The van der Waals surface area contributed by atoms with E-state index < -0.39 is 16.2 Å². The monoisotopic (exact) mass is 486 g/mol. The number of aromatic nitrogens is 2. The van der Waals surface area contributed by atoms with Gasteiger partial charge in [-0.15, -0.1) is 0 Å². The predicted octanol–water partition coefficient (Wildman–Crippen LogP) is 2.85. The second-order valence-electron chi connectivity index (χ2n) is 9.68. The molecule has 2 amide bonds. The van der Waals surface area contributed by atoms with Crippen LogP contribution in [-0.4, -0.2) is 55.3 Å². The molecule has 1 aliphatic heterocycles. The third-order valence-electron chi connectivity index (χ3n) is 7.41. The third kappa shape index (κ3) is 4.40. The van der Waals surface area contributed by atoms with Gasteiger partial charge in [0.05, 0.1) is 11.9 Å². The summed E-state index contributed by atoms with van der Waals surface area (Å²) >= 11 is 0. The lowest BCUT2D eigenvalue weighted by Crippen LogP contribution is -2.52. The standard InChI is InChI=1S/C24H34N6O3S/c1-3-29-16-20(15-25-29)30(19-10-12-28(2)13-11-19)34(32,33)27-24(31)26-23-21-8-4-6-17(21)14-18-7-5-9-22(18)23/h14-16,19H,3-13H2,1-2H3,(H2,26,27,31). The highest BCUT2D eigenvalue weighted by Crippen LogP contribution is 2.38. The molecule has 2 aliphatic carbocycles. The summed E-state index contributed by atoms with van der Waals surface area (Å²) in [7, 11) is -2.10. The van der Waals surface area contributed by atoms with Crippen molar-refractivity contribution in [2.45, 2.75) is 70.9 Å². The number of benzene rings is 1. The topological polar surface area (TPSA) is 99.6 Å². The summed E-state index contributed by atoms with van der Waals surface area (Å²) in [5.41, 5.74) is 6.24. The van der Waals surface area contributed by atoms with Gasteiger partial charge >= 0.3 is 16.2 Å². The zero-order chi connectivity index (χ0) is 23.9. The largest absolute Gasteiger partial charge is 0.334 e. The highest BCUT2D eigenvalue weighted by molar-refractivity contribution is 7.91. The lowest BCUT2D eigenvalue weighted by atomic mass is 9.99. The Kier molecular flexibility index (Phi) is 6.28. The molecule has 2 N–H and O–H groups in total. The number of piperidine rings is 1. The van der Waals surface area contributed by atoms with Crippen molar-refractivity contribution in [2.75, 3.05) is 29.8 Å². The molecule has 0 radical (unpaired) electrons. The van der Waals surface area contributed by atoms with E-state index in [1.54, 1.807) is 17.1 Å². The van der Waals surface area contributed by atoms with Gasteiger partial charge < -0.3 is 10.2 Å². The highest BCUT2D eigenvalue weighted by Gasteiger charge is 2.35. The molecule has 0 unspecified atom stereocenters. The molecule has 184 valence electrons. The van der Waals surface area contributed by atoms with Crippen LogP contribution in [0.3, 0.4) is 0 Å². The number of hydrogen-bond acceptors (Lipinski definition) is 5. The summed E-state index contributed by atoms with van der Waals surface area (Å²) in [5.74, 6) is 0. The minimum absolute atomic E-state index is 0.235. The molecule has 0 bridgehead atoms. The maximum absolute atomic E-state index is 13.6. The Morgan fingerprint density at radius 1 is 1.12 bits per heavy atom. The number of aryl methyl sites for hydroxylation is 3. The number of carbonyl (C=O) groups is 1. The Balaban J connectivity index is 1.40. The summed E-state index contributed by atoms with van der Waals surface area (Å²) in [5, 5.41) is 7.22. The molecule has 1 aromatic carbocycles. The van der Waals surface area contributed by atoms with E-state index in [9.17, 15) is 13.2 Å². The summed E-state index contributed by atoms with van der Waals surface area (Å²) < 4.78 is 32.5. The molecular formula is C24H34N6O3S. The Morgan fingerprint density at radius 2 is 1.76 bits per heavy atom. The first kappa shape index (κ1) is 23.2. The molecule has 10 heteroatoms. The van der Waals surface area contributed by atoms with E-state index in [2.05, 4.69) is 26.1 Å². The number of nitrogens with zero attached hydrogens (tertiary/aromatic N) is 4. The molecule has 9 nitrogen and oxygen atoms in total. The van der Waals surface area contributed by atoms with Gasteiger partial charge in [0, 0.05) is 24.5 Å². The second kappa shape index (κ2) is 9.22. The van der Waals surface area contributed by atoms with Crippen molar-refractivity contribution < 1.29 is 13.2 Å². The molecule has 1 saturated heterocycles. The molecule has 1 fully saturated rings. The molecule has 3 aliphatic rings. The van der Waals surface area contributed by atoms with Crippen molar-refractivity contribution in [2.24, 2.45) is 0 Å². The number of hydrogen-bond donors (Lipinski definition) is 2. The van der Waals surface area contributed by atoms with E-state index in [0.717, 1.165) is 57.3 Å². The van der Waals surface area contributed by atoms with E-state index in [4.69, 9.17) is 0 Å². The number of amides is 2. The van der Waals surface area contributed by atoms with Gasteiger partial charge in [0.2, 0.25) is 0 Å². The van der Waals surface area contributed by atoms with Gasteiger partial charge in [0.15, 0.2) is 0 Å². The highest BCUT2D eigenvalue weighted by atomic mass is 32.2. The van der Waals surface area contributed by atoms with E-state index in [1.807, 2.05) is 14.0 Å². The number of anilines is 2. The smallest absolute Gasteiger partial charge is 0.307 e. The molecule has 0 atom stereocenters. The van der Waals surface area contributed by atoms with Gasteiger partial charge in [-0.1, -0.05) is 6.07 Å². The molecule has 2 heterocycles. The van der Waals surface area contributed by atoms with Gasteiger partial charge in [0.1, 0.15) is 0 Å². The van der Waals surface area contributed by atoms with E-state index in [1.165, 1.54) is 26.6 Å². The van der Waals surface area contributed by atoms with Crippen LogP contribution in [0.25, 0.3) is 0 Å². The Hall–Kier alpha value is -2.59. The summed E-state index contributed by atoms with van der Waals surface area (Å²) in [6.07, 6.45) is 10.7. The second-order valence-corrected chi connectivity index (χ2v) is 11.2. The van der Waals surface area contributed by atoms with E-state index in [-0.39, 0.29) is 6.04 Å². The summed E-state index contributed by atoms with van der Waals surface area (Å²) in [4.78, 5) is 15.3. The average Bonchev–Trinajstić information content (AvgIpc) is 3.55. The first-order chi connectivity index (χ1) is 16.4. The van der Waals surface area contributed by atoms with Crippen LogP contribution in [-0.2, 0) is 42.4 Å². The zero-order valence-corrected chi connectivity index (χ0v) is 20.8. The van der Waals surface area contributed by atoms with Crippen molar-refractivity contribution in [1.82, 2.24) is 19.4 Å². The summed E-state index contributed by atoms with van der Waals surface area (Å²) in [6.45, 7) is 4.19. The van der Waals surface area contributed by atoms with Crippen molar-refractivity contribution >= 4 is 27.6 Å². The molecule has 5 rings (SSSR count). The first-order valence-corrected chi connectivity index (χ1v) is 13.8. The Morgan fingerprint density at radius 3 is 2.35 bits per heavy atom. The lowest BCUT2D eigenvalue weighted by Gasteiger charge is -2.36. The number of fused-ring (bicyclic) bond motifs is 2. The fraction of sp³-hybridized carbons (Fsp3) is 0.583. The van der Waals surface area contributed by atoms with Crippen LogP contribution in [0.4, 0.5) is 16.2 Å². The van der Waals surface area contributed by atoms with Crippen LogP contribution in [0.5, 0.6) is 0 Å². The van der Waals surface area contributed by atoms with Crippen LogP contribution < -0.4 is 14.3 Å². The molecule has 34 heavy (non-hydrogen) atoms. The Bertz CT molecular complexity index is 1150. The van der Waals surface area contributed by atoms with Crippen molar-refractivity contribution in [1.29, 1.82) is 0 Å². The van der Waals surface area contributed by atoms with Crippen LogP contribution in [0.15, 0.2) is 18.5 Å². The van der Waals surface area contributed by atoms with Crippen molar-refractivity contribution in [3.63, 3.8) is 0 Å². The first-order valence-electron chi connectivity index (χ1n) is 12.4. The minimum Gasteiger partial charge on any atom is -0.307 e. The van der Waals surface area contributed by atoms with Crippen molar-refractivity contribution in [3.8, 4) is 0 Å². The van der Waals surface area contributed by atoms with Crippen LogP contribution >= 0.6 is 0 Å². The number of nitrogens with one attached hydrogen (secondary N) is 2. The number of rotatable bonds is 6. The normalized spacial score (nSPS) is 18.5. The number of urea groups is 1. The zero-order valence-electron chi connectivity index (χ0n) is 20.0. The fourth-order valence-electron chi connectivity index (χ4n) is 5.69. The van der Waals surface area contributed by atoms with Crippen molar-refractivity contribution in [3.05, 3.63) is 40.7 Å². The number of carbonyl (C=O) groups excluding carboxylic acids is 1. The molecule has 1 aromatic heterocycles. The van der Waals surface area contributed by atoms with Crippen LogP contribution in [0.2, 0.25) is 0 Å². The predicted molar refractivity (Wildman–Crippen MR) is 132 cm³/mol. The maximum Gasteiger partial charge on any atom is 0.334 e. The molecule has 0 spiro atoms. The van der Waals surface area contributed by atoms with E-state index >= 15 is 0 Å². The molecule has 2 aromatic rings. The fourth-order valence-corrected chi connectivity index (χ4v) is 7.05. The Labute approximate surface area is 201 Å². The minimum atomic E-state index is -4.14. The van der Waals surface area contributed by atoms with Gasteiger partial charge in [-0.25, -0.2) is 13.8 Å². The van der Waals surface area contributed by atoms with Gasteiger partial charge in [-0.05, 0) is 101 Å². The van der Waals surface area contributed by atoms with E-state index in [0.29, 0.717) is 25.1 Å².